The molecule has 3 nitrogen and oxygen atoms in total. The fourth-order valence-corrected chi connectivity index (χ4v) is 6.01. The first-order valence-corrected chi connectivity index (χ1v) is 7.34. The largest absolute Gasteiger partial charge is 0.276 e. The molecule has 1 aliphatic heterocycles. The zero-order chi connectivity index (χ0) is 10.1. The van der Waals surface area contributed by atoms with Gasteiger partial charge >= 0.3 is 0 Å². The van der Waals surface area contributed by atoms with E-state index in [0.717, 1.165) is 12.2 Å². The standard InChI is InChI=1S/C8H15N2OPS/c1-5-8-6-7-13-12(11,9(2)3)10(8)4/h1,8H,6-7H2,2-4H3. The minimum atomic E-state index is -2.41. The van der Waals surface area contributed by atoms with Gasteiger partial charge in [0.1, 0.15) is 0 Å². The van der Waals surface area contributed by atoms with Crippen LogP contribution in [0.4, 0.5) is 0 Å². The molecule has 1 rings (SSSR count). The minimum Gasteiger partial charge on any atom is -0.276 e. The van der Waals surface area contributed by atoms with E-state index in [-0.39, 0.29) is 6.04 Å². The van der Waals surface area contributed by atoms with Gasteiger partial charge in [-0.05, 0) is 27.6 Å². The SMILES string of the molecule is C#CC1CCSP(=O)(N(C)C)N1C. The summed E-state index contributed by atoms with van der Waals surface area (Å²) in [7, 11) is 5.52. The Morgan fingerprint density at radius 2 is 2.31 bits per heavy atom. The van der Waals surface area contributed by atoms with Crippen molar-refractivity contribution in [2.24, 2.45) is 0 Å². The Kier molecular flexibility index (Phi) is 3.48. The van der Waals surface area contributed by atoms with Gasteiger partial charge in [0.15, 0.2) is 0 Å². The molecule has 1 fully saturated rings. The van der Waals surface area contributed by atoms with E-state index in [1.165, 1.54) is 11.4 Å². The molecule has 0 aromatic rings. The summed E-state index contributed by atoms with van der Waals surface area (Å²) in [5.74, 6) is 3.56. The van der Waals surface area contributed by atoms with Gasteiger partial charge in [-0.2, -0.15) is 0 Å². The maximum Gasteiger partial charge on any atom is 0.271 e. The molecule has 0 bridgehead atoms. The molecule has 2 atom stereocenters. The fraction of sp³-hybridized carbons (Fsp3) is 0.750. The van der Waals surface area contributed by atoms with Crippen LogP contribution in [0.25, 0.3) is 0 Å². The van der Waals surface area contributed by atoms with Crippen molar-refractivity contribution in [2.45, 2.75) is 12.5 Å². The van der Waals surface area contributed by atoms with Crippen LogP contribution in [0.5, 0.6) is 0 Å². The van der Waals surface area contributed by atoms with Gasteiger partial charge < -0.3 is 0 Å². The quantitative estimate of drug-likeness (QED) is 0.494. The van der Waals surface area contributed by atoms with Gasteiger partial charge in [0.05, 0.1) is 6.04 Å². The molecule has 0 N–H and O–H groups in total. The molecule has 5 heteroatoms. The topological polar surface area (TPSA) is 23.6 Å². The third kappa shape index (κ3) is 1.94. The Balaban J connectivity index is 2.89. The van der Waals surface area contributed by atoms with Crippen LogP contribution in [0.3, 0.4) is 0 Å². The highest BCUT2D eigenvalue weighted by Crippen LogP contribution is 2.65. The number of rotatable bonds is 1. The normalized spacial score (nSPS) is 36.1. The lowest BCUT2D eigenvalue weighted by molar-refractivity contribution is 0.387. The lowest BCUT2D eigenvalue weighted by Crippen LogP contribution is -2.35. The molecule has 0 aliphatic carbocycles. The summed E-state index contributed by atoms with van der Waals surface area (Å²) < 4.78 is 16.0. The first kappa shape index (κ1) is 11.1. The smallest absolute Gasteiger partial charge is 0.271 e. The van der Waals surface area contributed by atoms with Gasteiger partial charge in [-0.25, -0.2) is 9.34 Å². The van der Waals surface area contributed by atoms with Crippen molar-refractivity contribution in [3.05, 3.63) is 0 Å². The van der Waals surface area contributed by atoms with Crippen molar-refractivity contribution in [3.8, 4) is 12.3 Å². The maximum atomic E-state index is 12.4. The van der Waals surface area contributed by atoms with Crippen LogP contribution in [-0.2, 0) is 4.57 Å². The van der Waals surface area contributed by atoms with Crippen LogP contribution in [-0.4, -0.2) is 42.3 Å². The minimum absolute atomic E-state index is 0.0227. The first-order valence-electron chi connectivity index (χ1n) is 4.14. The van der Waals surface area contributed by atoms with E-state index in [0.29, 0.717) is 0 Å². The Morgan fingerprint density at radius 3 is 2.77 bits per heavy atom. The van der Waals surface area contributed by atoms with Crippen LogP contribution in [0.1, 0.15) is 6.42 Å². The monoisotopic (exact) mass is 218 g/mol. The zero-order valence-electron chi connectivity index (χ0n) is 8.23. The van der Waals surface area contributed by atoms with Gasteiger partial charge in [0.25, 0.3) is 6.65 Å². The average Bonchev–Trinajstić information content (AvgIpc) is 2.09. The molecule has 0 aromatic carbocycles. The predicted octanol–water partition coefficient (Wildman–Crippen LogP) is 1.73. The summed E-state index contributed by atoms with van der Waals surface area (Å²) in [4.78, 5) is 0. The summed E-state index contributed by atoms with van der Waals surface area (Å²) in [6, 6.07) is 0.0227. The van der Waals surface area contributed by atoms with E-state index in [2.05, 4.69) is 5.92 Å². The second-order valence-corrected chi connectivity index (χ2v) is 8.50. The Labute approximate surface area is 84.1 Å². The summed E-state index contributed by atoms with van der Waals surface area (Å²) in [5.41, 5.74) is 0. The molecule has 1 aliphatic rings. The van der Waals surface area contributed by atoms with Gasteiger partial charge in [-0.3, -0.25) is 4.57 Å². The molecular formula is C8H15N2OPS. The van der Waals surface area contributed by atoms with Crippen molar-refractivity contribution >= 4 is 18.0 Å². The number of nitrogens with zero attached hydrogens (tertiary/aromatic N) is 2. The van der Waals surface area contributed by atoms with Crippen molar-refractivity contribution in [2.75, 3.05) is 26.9 Å². The summed E-state index contributed by atoms with van der Waals surface area (Å²) in [6.45, 7) is -2.41. The van der Waals surface area contributed by atoms with E-state index in [1.54, 1.807) is 4.67 Å². The fourth-order valence-electron chi connectivity index (χ4n) is 1.33. The molecule has 0 amide bonds. The van der Waals surface area contributed by atoms with Crippen molar-refractivity contribution < 1.29 is 4.57 Å². The van der Waals surface area contributed by atoms with Gasteiger partial charge in [-0.1, -0.05) is 17.3 Å². The number of hydrogen-bond donors (Lipinski definition) is 0. The van der Waals surface area contributed by atoms with Crippen molar-refractivity contribution in [3.63, 3.8) is 0 Å². The van der Waals surface area contributed by atoms with E-state index < -0.39 is 6.65 Å². The summed E-state index contributed by atoms with van der Waals surface area (Å²) in [5, 5.41) is 0. The predicted molar refractivity (Wildman–Crippen MR) is 58.8 cm³/mol. The van der Waals surface area contributed by atoms with Crippen LogP contribution in [0.15, 0.2) is 0 Å². The highest BCUT2D eigenvalue weighted by Gasteiger charge is 2.38. The first-order chi connectivity index (χ1) is 6.02. The number of terminal acetylenes is 1. The lowest BCUT2D eigenvalue weighted by atomic mass is 10.2. The second kappa shape index (κ2) is 4.06. The Bertz CT molecular complexity index is 274. The van der Waals surface area contributed by atoms with Crippen LogP contribution in [0.2, 0.25) is 0 Å². The molecule has 1 saturated heterocycles. The molecular weight excluding hydrogens is 203 g/mol. The maximum absolute atomic E-state index is 12.4. The molecule has 1 heterocycles. The Morgan fingerprint density at radius 1 is 1.69 bits per heavy atom. The molecule has 2 unspecified atom stereocenters. The lowest BCUT2D eigenvalue weighted by Gasteiger charge is -2.39. The Hall–Kier alpha value is 0.0600. The molecule has 0 saturated carbocycles. The van der Waals surface area contributed by atoms with Crippen LogP contribution >= 0.6 is 18.0 Å². The van der Waals surface area contributed by atoms with Gasteiger partial charge in [-0.15, -0.1) is 6.42 Å². The van der Waals surface area contributed by atoms with E-state index in [9.17, 15) is 4.57 Å². The summed E-state index contributed by atoms with van der Waals surface area (Å²) >= 11 is 1.51. The highest BCUT2D eigenvalue weighted by molar-refractivity contribution is 8.56. The summed E-state index contributed by atoms with van der Waals surface area (Å²) in [6.07, 6.45) is 6.30. The highest BCUT2D eigenvalue weighted by atomic mass is 32.7. The third-order valence-electron chi connectivity index (χ3n) is 2.20. The molecule has 74 valence electrons. The van der Waals surface area contributed by atoms with E-state index >= 15 is 0 Å². The van der Waals surface area contributed by atoms with Crippen LogP contribution < -0.4 is 0 Å². The zero-order valence-corrected chi connectivity index (χ0v) is 9.94. The van der Waals surface area contributed by atoms with Gasteiger partial charge in [0, 0.05) is 5.75 Å². The van der Waals surface area contributed by atoms with Gasteiger partial charge in [0.2, 0.25) is 0 Å². The third-order valence-corrected chi connectivity index (χ3v) is 8.35. The molecule has 0 spiro atoms. The van der Waals surface area contributed by atoms with Crippen LogP contribution in [0, 0.1) is 12.3 Å². The molecule has 0 aromatic heterocycles. The van der Waals surface area contributed by atoms with Crippen molar-refractivity contribution in [1.82, 2.24) is 9.34 Å². The van der Waals surface area contributed by atoms with E-state index in [4.69, 9.17) is 6.42 Å². The average molecular weight is 218 g/mol. The molecule has 0 radical (unpaired) electrons. The number of hydrogen-bond acceptors (Lipinski definition) is 2. The van der Waals surface area contributed by atoms with E-state index in [1.807, 2.05) is 25.8 Å². The second-order valence-electron chi connectivity index (χ2n) is 3.22. The molecule has 13 heavy (non-hydrogen) atoms. The van der Waals surface area contributed by atoms with Crippen molar-refractivity contribution in [1.29, 1.82) is 0 Å².